The summed E-state index contributed by atoms with van der Waals surface area (Å²) in [6.45, 7) is 0.882. The van der Waals surface area contributed by atoms with Gasteiger partial charge in [-0.3, -0.25) is 4.79 Å². The van der Waals surface area contributed by atoms with Crippen LogP contribution in [0.1, 0.15) is 46.7 Å². The number of hydrogen-bond acceptors (Lipinski definition) is 1. The number of aromatic nitrogens is 1. The lowest BCUT2D eigenvalue weighted by atomic mass is 9.74. The van der Waals surface area contributed by atoms with Gasteiger partial charge in [0.2, 0.25) is 0 Å². The Hall–Kier alpha value is -2.55. The van der Waals surface area contributed by atoms with Crippen LogP contribution in [0.25, 0.3) is 10.9 Å². The highest BCUT2D eigenvalue weighted by atomic mass is 16.2. The van der Waals surface area contributed by atoms with Gasteiger partial charge in [-0.05, 0) is 61.1 Å². The molecule has 1 fully saturated rings. The highest BCUT2D eigenvalue weighted by molar-refractivity contribution is 5.98. The van der Waals surface area contributed by atoms with Crippen molar-refractivity contribution in [1.29, 1.82) is 0 Å². The summed E-state index contributed by atoms with van der Waals surface area (Å²) in [4.78, 5) is 18.6. The van der Waals surface area contributed by atoms with Crippen molar-refractivity contribution in [3.63, 3.8) is 0 Å². The first kappa shape index (κ1) is 14.8. The number of piperidine rings is 1. The van der Waals surface area contributed by atoms with E-state index in [1.807, 2.05) is 30.5 Å². The minimum Gasteiger partial charge on any atom is -0.361 e. The van der Waals surface area contributed by atoms with Crippen molar-refractivity contribution >= 4 is 16.8 Å². The fourth-order valence-electron chi connectivity index (χ4n) is 4.81. The number of likely N-dealkylation sites (tertiary alicyclic amines) is 1. The molecule has 0 radical (unpaired) electrons. The van der Waals surface area contributed by atoms with Crippen molar-refractivity contribution in [2.45, 2.75) is 37.6 Å². The number of carbonyl (C=O) groups is 1. The first-order valence-electron chi connectivity index (χ1n) is 9.27. The van der Waals surface area contributed by atoms with Gasteiger partial charge in [-0.15, -0.1) is 0 Å². The number of nitrogens with one attached hydrogen (secondary N) is 1. The molecule has 5 rings (SSSR count). The normalized spacial score (nSPS) is 22.5. The van der Waals surface area contributed by atoms with Crippen molar-refractivity contribution in [2.24, 2.45) is 0 Å². The van der Waals surface area contributed by atoms with E-state index >= 15 is 0 Å². The van der Waals surface area contributed by atoms with Crippen LogP contribution in [0.3, 0.4) is 0 Å². The van der Waals surface area contributed by atoms with E-state index in [0.717, 1.165) is 42.3 Å². The van der Waals surface area contributed by atoms with Crippen LogP contribution in [0.2, 0.25) is 0 Å². The Balaban J connectivity index is 1.48. The zero-order chi connectivity index (χ0) is 16.8. The number of aromatic amines is 1. The van der Waals surface area contributed by atoms with Crippen molar-refractivity contribution in [2.75, 3.05) is 6.54 Å². The molecule has 3 heteroatoms. The molecule has 1 aliphatic heterocycles. The van der Waals surface area contributed by atoms with Crippen molar-refractivity contribution in [3.05, 3.63) is 71.4 Å². The van der Waals surface area contributed by atoms with Gasteiger partial charge >= 0.3 is 0 Å². The zero-order valence-corrected chi connectivity index (χ0v) is 14.2. The van der Waals surface area contributed by atoms with Gasteiger partial charge in [0.05, 0.1) is 0 Å². The van der Waals surface area contributed by atoms with E-state index in [4.69, 9.17) is 0 Å². The topological polar surface area (TPSA) is 36.1 Å². The van der Waals surface area contributed by atoms with Crippen LogP contribution in [0.4, 0.5) is 0 Å². The Bertz CT molecular complexity index is 942. The monoisotopic (exact) mass is 330 g/mol. The number of amides is 1. The number of rotatable bonds is 1. The summed E-state index contributed by atoms with van der Waals surface area (Å²) < 4.78 is 0. The number of fused-ring (bicyclic) bond motifs is 4. The Kier molecular flexibility index (Phi) is 3.40. The first-order chi connectivity index (χ1) is 12.3. The van der Waals surface area contributed by atoms with E-state index in [1.165, 1.54) is 17.5 Å². The summed E-state index contributed by atoms with van der Waals surface area (Å²) in [5, 5.41) is 1.10. The summed E-state index contributed by atoms with van der Waals surface area (Å²) in [7, 11) is 0. The summed E-state index contributed by atoms with van der Waals surface area (Å²) in [5.41, 5.74) is 4.84. The summed E-state index contributed by atoms with van der Waals surface area (Å²) in [6, 6.07) is 17.2. The molecule has 1 N–H and O–H groups in total. The predicted octanol–water partition coefficient (Wildman–Crippen LogP) is 4.50. The molecule has 126 valence electrons. The molecule has 1 saturated heterocycles. The highest BCUT2D eigenvalue weighted by Gasteiger charge is 2.38. The van der Waals surface area contributed by atoms with Crippen molar-refractivity contribution < 1.29 is 4.79 Å². The van der Waals surface area contributed by atoms with E-state index in [1.54, 1.807) is 0 Å². The SMILES string of the molecule is O=C(c1ccc2[nH]ccc2c1)N1CCCC2c3ccccc3CCC21. The molecule has 25 heavy (non-hydrogen) atoms. The Morgan fingerprint density at radius 2 is 2.00 bits per heavy atom. The third-order valence-corrected chi connectivity index (χ3v) is 6.00. The van der Waals surface area contributed by atoms with Crippen molar-refractivity contribution in [3.8, 4) is 0 Å². The molecule has 2 aromatic carbocycles. The molecule has 0 bridgehead atoms. The highest BCUT2D eigenvalue weighted by Crippen LogP contribution is 2.41. The average Bonchev–Trinajstić information content (AvgIpc) is 3.14. The van der Waals surface area contributed by atoms with Crippen LogP contribution < -0.4 is 0 Å². The Labute approximate surface area is 147 Å². The molecule has 2 heterocycles. The molecule has 2 unspecified atom stereocenters. The number of aryl methyl sites for hydroxylation is 1. The maximum atomic E-state index is 13.2. The average molecular weight is 330 g/mol. The van der Waals surface area contributed by atoms with Gasteiger partial charge in [-0.25, -0.2) is 0 Å². The van der Waals surface area contributed by atoms with E-state index in [9.17, 15) is 4.79 Å². The van der Waals surface area contributed by atoms with Crippen LogP contribution in [0, 0.1) is 0 Å². The predicted molar refractivity (Wildman–Crippen MR) is 99.9 cm³/mol. The second-order valence-electron chi connectivity index (χ2n) is 7.33. The second-order valence-corrected chi connectivity index (χ2v) is 7.33. The number of carbonyl (C=O) groups excluding carboxylic acids is 1. The molecule has 1 aromatic heterocycles. The Morgan fingerprint density at radius 3 is 2.96 bits per heavy atom. The lowest BCUT2D eigenvalue weighted by Crippen LogP contribution is -2.49. The fraction of sp³-hybridized carbons (Fsp3) is 0.318. The second kappa shape index (κ2) is 5.76. The van der Waals surface area contributed by atoms with E-state index in [0.29, 0.717) is 12.0 Å². The molecule has 0 saturated carbocycles. The minimum atomic E-state index is 0.192. The first-order valence-corrected chi connectivity index (χ1v) is 9.27. The molecule has 2 atom stereocenters. The van der Waals surface area contributed by atoms with E-state index < -0.39 is 0 Å². The smallest absolute Gasteiger partial charge is 0.254 e. The third kappa shape index (κ3) is 2.38. The molecule has 0 spiro atoms. The molecular weight excluding hydrogens is 308 g/mol. The van der Waals surface area contributed by atoms with Gasteiger partial charge in [0.15, 0.2) is 0 Å². The summed E-state index contributed by atoms with van der Waals surface area (Å²) in [6.07, 6.45) is 6.38. The molecule has 2 aliphatic rings. The van der Waals surface area contributed by atoms with Crippen LogP contribution in [-0.2, 0) is 6.42 Å². The number of hydrogen-bond donors (Lipinski definition) is 1. The lowest BCUT2D eigenvalue weighted by Gasteiger charge is -2.45. The van der Waals surface area contributed by atoms with Crippen molar-refractivity contribution in [1.82, 2.24) is 9.88 Å². The maximum absolute atomic E-state index is 13.2. The van der Waals surface area contributed by atoms with E-state index in [-0.39, 0.29) is 5.91 Å². The summed E-state index contributed by atoms with van der Waals surface area (Å²) in [5.74, 6) is 0.691. The molecule has 1 amide bonds. The van der Waals surface area contributed by atoms with Gasteiger partial charge < -0.3 is 9.88 Å². The molecular formula is C22H22N2O. The maximum Gasteiger partial charge on any atom is 0.254 e. The lowest BCUT2D eigenvalue weighted by molar-refractivity contribution is 0.0547. The van der Waals surface area contributed by atoms with Crippen LogP contribution >= 0.6 is 0 Å². The fourth-order valence-corrected chi connectivity index (χ4v) is 4.81. The van der Waals surface area contributed by atoms with Crippen LogP contribution in [0.5, 0.6) is 0 Å². The Morgan fingerprint density at radius 1 is 1.08 bits per heavy atom. The number of benzene rings is 2. The largest absolute Gasteiger partial charge is 0.361 e. The van der Waals surface area contributed by atoms with Crippen LogP contribution in [0.15, 0.2) is 54.7 Å². The van der Waals surface area contributed by atoms with Gasteiger partial charge in [0.1, 0.15) is 0 Å². The molecule has 3 aromatic rings. The van der Waals surface area contributed by atoms with Gasteiger partial charge in [-0.1, -0.05) is 24.3 Å². The molecule has 1 aliphatic carbocycles. The number of H-pyrrole nitrogens is 1. The van der Waals surface area contributed by atoms with Gasteiger partial charge in [0, 0.05) is 41.2 Å². The van der Waals surface area contributed by atoms with Crippen LogP contribution in [-0.4, -0.2) is 28.4 Å². The molecule has 3 nitrogen and oxygen atoms in total. The minimum absolute atomic E-state index is 0.192. The zero-order valence-electron chi connectivity index (χ0n) is 14.2. The summed E-state index contributed by atoms with van der Waals surface area (Å²) >= 11 is 0. The van der Waals surface area contributed by atoms with Gasteiger partial charge in [0.25, 0.3) is 5.91 Å². The third-order valence-electron chi connectivity index (χ3n) is 6.00. The quantitative estimate of drug-likeness (QED) is 0.700. The van der Waals surface area contributed by atoms with Gasteiger partial charge in [-0.2, -0.15) is 0 Å². The standard InChI is InChI=1S/C22H22N2O/c25-22(17-7-9-20-16(14-17)11-12-23-20)24-13-3-6-19-18-5-2-1-4-15(18)8-10-21(19)24/h1-2,4-5,7,9,11-12,14,19,21,23H,3,6,8,10,13H2. The van der Waals surface area contributed by atoms with E-state index in [2.05, 4.69) is 34.1 Å². The number of nitrogens with zero attached hydrogens (tertiary/aromatic N) is 1.